The van der Waals surface area contributed by atoms with Crippen LogP contribution in [0.15, 0.2) is 12.3 Å². The minimum Gasteiger partial charge on any atom is -0.332 e. The van der Waals surface area contributed by atoms with E-state index in [-0.39, 0.29) is 6.03 Å². The van der Waals surface area contributed by atoms with Crippen molar-refractivity contribution in [1.29, 1.82) is 0 Å². The summed E-state index contributed by atoms with van der Waals surface area (Å²) in [6.07, 6.45) is 1.86. The van der Waals surface area contributed by atoms with E-state index in [4.69, 9.17) is 0 Å². The molecule has 0 aromatic carbocycles. The lowest BCUT2D eigenvalue weighted by atomic mass is 10.4. The van der Waals surface area contributed by atoms with Gasteiger partial charge in [0.25, 0.3) is 0 Å². The fourth-order valence-corrected chi connectivity index (χ4v) is 1.35. The quantitative estimate of drug-likeness (QED) is 0.805. The molecule has 1 heterocycles. The highest BCUT2D eigenvalue weighted by Gasteiger charge is 2.08. The van der Waals surface area contributed by atoms with Gasteiger partial charge in [0.15, 0.2) is 0 Å². The van der Waals surface area contributed by atoms with E-state index in [1.165, 1.54) is 0 Å². The van der Waals surface area contributed by atoms with Crippen LogP contribution in [0.25, 0.3) is 0 Å². The van der Waals surface area contributed by atoms with Crippen LogP contribution in [0.3, 0.4) is 0 Å². The van der Waals surface area contributed by atoms with Gasteiger partial charge < -0.3 is 10.2 Å². The highest BCUT2D eigenvalue weighted by molar-refractivity contribution is 5.73. The Balaban J connectivity index is 2.40. The van der Waals surface area contributed by atoms with Gasteiger partial charge in [-0.1, -0.05) is 0 Å². The lowest BCUT2D eigenvalue weighted by Crippen LogP contribution is -2.39. The number of carbonyl (C=O) groups excluding carboxylic acids is 1. The second-order valence-electron chi connectivity index (χ2n) is 3.31. The van der Waals surface area contributed by atoms with E-state index in [9.17, 15) is 4.79 Å². The maximum Gasteiger partial charge on any atom is 0.317 e. The predicted molar refractivity (Wildman–Crippen MR) is 58.4 cm³/mol. The Morgan fingerprint density at radius 2 is 2.20 bits per heavy atom. The van der Waals surface area contributed by atoms with Crippen LogP contribution in [0.5, 0.6) is 0 Å². The van der Waals surface area contributed by atoms with Crippen molar-refractivity contribution >= 4 is 6.03 Å². The molecule has 0 saturated heterocycles. The SMILES string of the molecule is CCN(CC)C(=O)NCc1ccn(C)n1. The predicted octanol–water partition coefficient (Wildman–Crippen LogP) is 0.971. The summed E-state index contributed by atoms with van der Waals surface area (Å²) in [6.45, 7) is 5.86. The van der Waals surface area contributed by atoms with Gasteiger partial charge in [0.05, 0.1) is 12.2 Å². The van der Waals surface area contributed by atoms with E-state index < -0.39 is 0 Å². The molecule has 0 unspecified atom stereocenters. The van der Waals surface area contributed by atoms with E-state index in [2.05, 4.69) is 10.4 Å². The summed E-state index contributed by atoms with van der Waals surface area (Å²) in [7, 11) is 1.86. The van der Waals surface area contributed by atoms with Gasteiger partial charge in [-0.15, -0.1) is 0 Å². The summed E-state index contributed by atoms with van der Waals surface area (Å²) in [5.74, 6) is 0. The van der Waals surface area contributed by atoms with Crippen molar-refractivity contribution in [3.05, 3.63) is 18.0 Å². The Hall–Kier alpha value is -1.52. The highest BCUT2D eigenvalue weighted by Crippen LogP contribution is 1.94. The molecule has 5 nitrogen and oxygen atoms in total. The smallest absolute Gasteiger partial charge is 0.317 e. The number of urea groups is 1. The van der Waals surface area contributed by atoms with Crippen molar-refractivity contribution in [2.75, 3.05) is 13.1 Å². The van der Waals surface area contributed by atoms with Crippen molar-refractivity contribution in [2.24, 2.45) is 7.05 Å². The van der Waals surface area contributed by atoms with Crippen LogP contribution < -0.4 is 5.32 Å². The largest absolute Gasteiger partial charge is 0.332 e. The molecule has 1 aromatic heterocycles. The van der Waals surface area contributed by atoms with Crippen molar-refractivity contribution in [1.82, 2.24) is 20.0 Å². The van der Waals surface area contributed by atoms with Gasteiger partial charge in [-0.3, -0.25) is 4.68 Å². The van der Waals surface area contributed by atoms with E-state index >= 15 is 0 Å². The molecule has 0 aliphatic heterocycles. The Kier molecular flexibility index (Phi) is 4.15. The van der Waals surface area contributed by atoms with Crippen LogP contribution in [0.2, 0.25) is 0 Å². The standard InChI is InChI=1S/C10H18N4O/c1-4-14(5-2)10(15)11-8-9-6-7-13(3)12-9/h6-7H,4-5,8H2,1-3H3,(H,11,15). The summed E-state index contributed by atoms with van der Waals surface area (Å²) in [5, 5.41) is 7.00. The third-order valence-corrected chi connectivity index (χ3v) is 2.24. The fourth-order valence-electron chi connectivity index (χ4n) is 1.35. The van der Waals surface area contributed by atoms with Gasteiger partial charge in [-0.2, -0.15) is 5.10 Å². The second kappa shape index (κ2) is 5.38. The molecular weight excluding hydrogens is 192 g/mol. The minimum atomic E-state index is -0.0364. The van der Waals surface area contributed by atoms with Crippen LogP contribution in [-0.4, -0.2) is 33.8 Å². The molecule has 0 fully saturated rings. The van der Waals surface area contributed by atoms with Crippen LogP contribution in [-0.2, 0) is 13.6 Å². The molecule has 0 spiro atoms. The first-order valence-electron chi connectivity index (χ1n) is 5.18. The molecule has 84 valence electrons. The molecule has 0 radical (unpaired) electrons. The molecule has 0 aliphatic carbocycles. The normalized spacial score (nSPS) is 10.1. The first kappa shape index (κ1) is 11.6. The van der Waals surface area contributed by atoms with Gasteiger partial charge in [0.1, 0.15) is 0 Å². The Morgan fingerprint density at radius 1 is 1.53 bits per heavy atom. The topological polar surface area (TPSA) is 50.2 Å². The highest BCUT2D eigenvalue weighted by atomic mass is 16.2. The average Bonchev–Trinajstić information content (AvgIpc) is 2.63. The third-order valence-electron chi connectivity index (χ3n) is 2.24. The second-order valence-corrected chi connectivity index (χ2v) is 3.31. The molecule has 1 rings (SSSR count). The molecule has 0 bridgehead atoms. The van der Waals surface area contributed by atoms with E-state index in [0.717, 1.165) is 18.8 Å². The molecule has 0 aliphatic rings. The monoisotopic (exact) mass is 210 g/mol. The number of nitrogens with zero attached hydrogens (tertiary/aromatic N) is 3. The first-order chi connectivity index (χ1) is 7.17. The Bertz CT molecular complexity index is 317. The molecule has 1 aromatic rings. The van der Waals surface area contributed by atoms with Crippen LogP contribution in [0.4, 0.5) is 4.79 Å². The molecular formula is C10H18N4O. The van der Waals surface area contributed by atoms with Gasteiger partial charge in [-0.05, 0) is 19.9 Å². The zero-order chi connectivity index (χ0) is 11.3. The number of amides is 2. The first-order valence-corrected chi connectivity index (χ1v) is 5.18. The Labute approximate surface area is 90.1 Å². The van der Waals surface area contributed by atoms with E-state index in [1.807, 2.05) is 33.2 Å². The zero-order valence-electron chi connectivity index (χ0n) is 9.53. The van der Waals surface area contributed by atoms with E-state index in [1.54, 1.807) is 9.58 Å². The van der Waals surface area contributed by atoms with Crippen molar-refractivity contribution in [3.8, 4) is 0 Å². The molecule has 15 heavy (non-hydrogen) atoms. The summed E-state index contributed by atoms with van der Waals surface area (Å²) in [4.78, 5) is 13.3. The molecule has 5 heteroatoms. The number of rotatable bonds is 4. The van der Waals surface area contributed by atoms with Gasteiger partial charge in [0.2, 0.25) is 0 Å². The molecule has 0 saturated carbocycles. The van der Waals surface area contributed by atoms with E-state index in [0.29, 0.717) is 6.54 Å². The van der Waals surface area contributed by atoms with Crippen LogP contribution >= 0.6 is 0 Å². The van der Waals surface area contributed by atoms with Crippen molar-refractivity contribution in [2.45, 2.75) is 20.4 Å². The summed E-state index contributed by atoms with van der Waals surface area (Å²) >= 11 is 0. The average molecular weight is 210 g/mol. The number of hydrogen-bond donors (Lipinski definition) is 1. The number of aryl methyl sites for hydroxylation is 1. The third kappa shape index (κ3) is 3.27. The number of nitrogens with one attached hydrogen (secondary N) is 1. The van der Waals surface area contributed by atoms with Crippen LogP contribution in [0, 0.1) is 0 Å². The maximum atomic E-state index is 11.6. The minimum absolute atomic E-state index is 0.0364. The molecule has 2 amide bonds. The van der Waals surface area contributed by atoms with Gasteiger partial charge >= 0.3 is 6.03 Å². The summed E-state index contributed by atoms with van der Waals surface area (Å²) in [5.41, 5.74) is 0.873. The number of hydrogen-bond acceptors (Lipinski definition) is 2. The van der Waals surface area contributed by atoms with Crippen molar-refractivity contribution in [3.63, 3.8) is 0 Å². The summed E-state index contributed by atoms with van der Waals surface area (Å²) < 4.78 is 1.72. The zero-order valence-corrected chi connectivity index (χ0v) is 9.53. The fraction of sp³-hybridized carbons (Fsp3) is 0.600. The lowest BCUT2D eigenvalue weighted by Gasteiger charge is -2.18. The maximum absolute atomic E-state index is 11.6. The van der Waals surface area contributed by atoms with Gasteiger partial charge in [-0.25, -0.2) is 4.79 Å². The lowest BCUT2D eigenvalue weighted by molar-refractivity contribution is 0.202. The number of carbonyl (C=O) groups is 1. The number of aromatic nitrogens is 2. The molecule has 0 atom stereocenters. The van der Waals surface area contributed by atoms with Gasteiger partial charge in [0, 0.05) is 26.3 Å². The Morgan fingerprint density at radius 3 is 2.67 bits per heavy atom. The van der Waals surface area contributed by atoms with Crippen LogP contribution in [0.1, 0.15) is 19.5 Å². The molecule has 1 N–H and O–H groups in total. The summed E-state index contributed by atoms with van der Waals surface area (Å²) in [6, 6.07) is 1.85. The van der Waals surface area contributed by atoms with Crippen molar-refractivity contribution < 1.29 is 4.79 Å².